The molecule has 3 aliphatic rings. The van der Waals surface area contributed by atoms with Gasteiger partial charge < -0.3 is 9.64 Å². The molecule has 2 aromatic carbocycles. The van der Waals surface area contributed by atoms with Crippen LogP contribution in [-0.2, 0) is 21.4 Å². The molecule has 3 fully saturated rings. The maximum atomic E-state index is 14.2. The fourth-order valence-electron chi connectivity index (χ4n) is 6.85. The summed E-state index contributed by atoms with van der Waals surface area (Å²) in [7, 11) is 0. The molecule has 3 saturated heterocycles. The Morgan fingerprint density at radius 3 is 2.59 bits per heavy atom. The lowest BCUT2D eigenvalue weighted by atomic mass is 9.72. The third-order valence-electron chi connectivity index (χ3n) is 8.48. The number of carbonyl (C=O) groups is 1. The number of piperidine rings is 1. The van der Waals surface area contributed by atoms with E-state index in [1.165, 1.54) is 22.4 Å². The SMILES string of the molecule is O=C(N1[C@H]2CC[C@H]1CC(Cc1cccc3cnccc13)C2)C1(c2cccc(F)c2)CCOCC1. The fourth-order valence-corrected chi connectivity index (χ4v) is 6.85. The number of amides is 1. The van der Waals surface area contributed by atoms with Gasteiger partial charge in [-0.3, -0.25) is 9.78 Å². The molecule has 5 heteroatoms. The zero-order valence-corrected chi connectivity index (χ0v) is 19.5. The minimum absolute atomic E-state index is 0.198. The highest BCUT2D eigenvalue weighted by molar-refractivity contribution is 5.89. The van der Waals surface area contributed by atoms with Crippen molar-refractivity contribution in [2.24, 2.45) is 5.92 Å². The molecule has 3 aliphatic heterocycles. The van der Waals surface area contributed by atoms with Crippen LogP contribution in [0.25, 0.3) is 10.8 Å². The largest absolute Gasteiger partial charge is 0.381 e. The molecule has 0 unspecified atom stereocenters. The number of ether oxygens (including phenoxy) is 1. The molecule has 3 aromatic rings. The number of halogens is 1. The molecule has 4 heterocycles. The number of hydrogen-bond acceptors (Lipinski definition) is 3. The van der Waals surface area contributed by atoms with Crippen LogP contribution in [0.15, 0.2) is 60.9 Å². The van der Waals surface area contributed by atoms with Crippen LogP contribution >= 0.6 is 0 Å². The minimum Gasteiger partial charge on any atom is -0.381 e. The maximum Gasteiger partial charge on any atom is 0.233 e. The zero-order chi connectivity index (χ0) is 23.1. The second-order valence-corrected chi connectivity index (χ2v) is 10.4. The molecule has 1 aromatic heterocycles. The van der Waals surface area contributed by atoms with E-state index in [-0.39, 0.29) is 23.8 Å². The molecule has 4 nitrogen and oxygen atoms in total. The van der Waals surface area contributed by atoms with E-state index in [4.69, 9.17) is 4.74 Å². The smallest absolute Gasteiger partial charge is 0.233 e. The van der Waals surface area contributed by atoms with Crippen molar-refractivity contribution in [1.29, 1.82) is 0 Å². The molecule has 1 amide bonds. The van der Waals surface area contributed by atoms with Crippen molar-refractivity contribution in [2.75, 3.05) is 13.2 Å². The summed E-state index contributed by atoms with van der Waals surface area (Å²) in [5.41, 5.74) is 1.52. The Labute approximate surface area is 200 Å². The number of pyridine rings is 1. The number of hydrogen-bond donors (Lipinski definition) is 0. The van der Waals surface area contributed by atoms with E-state index in [9.17, 15) is 9.18 Å². The average Bonchev–Trinajstić information content (AvgIpc) is 3.14. The molecule has 0 radical (unpaired) electrons. The third kappa shape index (κ3) is 3.70. The molecular weight excluding hydrogens is 427 g/mol. The van der Waals surface area contributed by atoms with Gasteiger partial charge in [-0.25, -0.2) is 4.39 Å². The van der Waals surface area contributed by atoms with Gasteiger partial charge >= 0.3 is 0 Å². The Morgan fingerprint density at radius 2 is 1.82 bits per heavy atom. The molecule has 6 rings (SSSR count). The van der Waals surface area contributed by atoms with Crippen molar-refractivity contribution in [3.8, 4) is 0 Å². The van der Waals surface area contributed by atoms with Gasteiger partial charge in [0.05, 0.1) is 5.41 Å². The second kappa shape index (κ2) is 8.77. The van der Waals surface area contributed by atoms with Gasteiger partial charge in [-0.15, -0.1) is 0 Å². The Bertz CT molecular complexity index is 1190. The lowest BCUT2D eigenvalue weighted by Crippen LogP contribution is -2.56. The van der Waals surface area contributed by atoms with Crippen LogP contribution in [0.1, 0.15) is 49.7 Å². The van der Waals surface area contributed by atoms with E-state index < -0.39 is 5.41 Å². The molecule has 176 valence electrons. The highest BCUT2D eigenvalue weighted by Gasteiger charge is 2.51. The van der Waals surface area contributed by atoms with Crippen molar-refractivity contribution in [2.45, 2.75) is 62.4 Å². The van der Waals surface area contributed by atoms with Gasteiger partial charge in [-0.05, 0) is 85.6 Å². The lowest BCUT2D eigenvalue weighted by Gasteiger charge is -2.46. The summed E-state index contributed by atoms with van der Waals surface area (Å²) in [5, 5.41) is 2.47. The number of aromatic nitrogens is 1. The van der Waals surface area contributed by atoms with E-state index in [0.29, 0.717) is 32.0 Å². The van der Waals surface area contributed by atoms with Crippen LogP contribution in [0, 0.1) is 11.7 Å². The van der Waals surface area contributed by atoms with E-state index in [0.717, 1.165) is 37.7 Å². The predicted octanol–water partition coefficient (Wildman–Crippen LogP) is 5.43. The van der Waals surface area contributed by atoms with Crippen molar-refractivity contribution < 1.29 is 13.9 Å². The Balaban J connectivity index is 1.25. The van der Waals surface area contributed by atoms with E-state index in [1.54, 1.807) is 12.1 Å². The van der Waals surface area contributed by atoms with E-state index in [1.807, 2.05) is 18.5 Å². The molecule has 0 spiro atoms. The van der Waals surface area contributed by atoms with Crippen molar-refractivity contribution in [3.05, 3.63) is 77.9 Å². The van der Waals surface area contributed by atoms with Gasteiger partial charge in [-0.1, -0.05) is 30.3 Å². The molecular formula is C29H31FN2O2. The number of rotatable bonds is 4. The van der Waals surface area contributed by atoms with Crippen LogP contribution < -0.4 is 0 Å². The molecule has 0 saturated carbocycles. The Morgan fingerprint density at radius 1 is 1.06 bits per heavy atom. The molecule has 2 bridgehead atoms. The second-order valence-electron chi connectivity index (χ2n) is 10.4. The van der Waals surface area contributed by atoms with Gasteiger partial charge in [-0.2, -0.15) is 0 Å². The molecule has 0 aliphatic carbocycles. The van der Waals surface area contributed by atoms with Crippen LogP contribution in [0.2, 0.25) is 0 Å². The first-order valence-electron chi connectivity index (χ1n) is 12.6. The normalized spacial score (nSPS) is 26.0. The van der Waals surface area contributed by atoms with Gasteiger partial charge in [0.25, 0.3) is 0 Å². The highest BCUT2D eigenvalue weighted by atomic mass is 19.1. The first-order chi connectivity index (χ1) is 16.6. The number of nitrogens with zero attached hydrogens (tertiary/aromatic N) is 2. The van der Waals surface area contributed by atoms with Crippen molar-refractivity contribution in [3.63, 3.8) is 0 Å². The Kier molecular flexibility index (Phi) is 5.60. The van der Waals surface area contributed by atoms with Crippen molar-refractivity contribution >= 4 is 16.7 Å². The minimum atomic E-state index is -0.670. The molecule has 2 atom stereocenters. The predicted molar refractivity (Wildman–Crippen MR) is 130 cm³/mol. The standard InChI is InChI=1S/C29H31FN2O2/c30-24-6-2-5-23(18-24)29(10-13-34-14-11-29)28(33)32-25-7-8-26(32)17-20(16-25)15-21-3-1-4-22-19-31-12-9-27(21)22/h1-6,9,12,18-20,25-26H,7-8,10-11,13-17H2/t25-,26-/m0/s1. The fraction of sp³-hybridized carbons (Fsp3) is 0.448. The lowest BCUT2D eigenvalue weighted by molar-refractivity contribution is -0.146. The maximum absolute atomic E-state index is 14.2. The number of fused-ring (bicyclic) bond motifs is 3. The topological polar surface area (TPSA) is 42.4 Å². The van der Waals surface area contributed by atoms with Gasteiger partial charge in [0.2, 0.25) is 5.91 Å². The van der Waals surface area contributed by atoms with Crippen LogP contribution in [0.3, 0.4) is 0 Å². The third-order valence-corrected chi connectivity index (χ3v) is 8.48. The van der Waals surface area contributed by atoms with E-state index >= 15 is 0 Å². The summed E-state index contributed by atoms with van der Waals surface area (Å²) >= 11 is 0. The van der Waals surface area contributed by atoms with Crippen LogP contribution in [0.5, 0.6) is 0 Å². The van der Waals surface area contributed by atoms with Crippen LogP contribution in [0.4, 0.5) is 4.39 Å². The summed E-state index contributed by atoms with van der Waals surface area (Å²) < 4.78 is 19.8. The quantitative estimate of drug-likeness (QED) is 0.523. The van der Waals surface area contributed by atoms with Crippen molar-refractivity contribution in [1.82, 2.24) is 9.88 Å². The van der Waals surface area contributed by atoms with Crippen LogP contribution in [-0.4, -0.2) is 41.1 Å². The first kappa shape index (κ1) is 21.7. The van der Waals surface area contributed by atoms with Gasteiger partial charge in [0, 0.05) is 43.1 Å². The number of benzene rings is 2. The average molecular weight is 459 g/mol. The summed E-state index contributed by atoms with van der Waals surface area (Å²) in [6.07, 6.45) is 10.3. The monoisotopic (exact) mass is 458 g/mol. The number of carbonyl (C=O) groups excluding carboxylic acids is 1. The van der Waals surface area contributed by atoms with E-state index in [2.05, 4.69) is 34.1 Å². The zero-order valence-electron chi connectivity index (χ0n) is 19.5. The highest BCUT2D eigenvalue weighted by Crippen LogP contribution is 2.45. The summed E-state index contributed by atoms with van der Waals surface area (Å²) in [6.45, 7) is 1.09. The molecule has 0 N–H and O–H groups in total. The van der Waals surface area contributed by atoms with Gasteiger partial charge in [0.1, 0.15) is 5.82 Å². The summed E-state index contributed by atoms with van der Waals surface area (Å²) in [4.78, 5) is 20.7. The van der Waals surface area contributed by atoms with Gasteiger partial charge in [0.15, 0.2) is 0 Å². The Hall–Kier alpha value is -2.79. The first-order valence-corrected chi connectivity index (χ1v) is 12.6. The summed E-state index contributed by atoms with van der Waals surface area (Å²) in [5.74, 6) is 0.492. The molecule has 34 heavy (non-hydrogen) atoms. The summed E-state index contributed by atoms with van der Waals surface area (Å²) in [6, 6.07) is 15.8.